The number of piperidine rings is 1. The van der Waals surface area contributed by atoms with Crippen LogP contribution in [0.1, 0.15) is 54.8 Å². The molecule has 1 amide bonds. The molecule has 0 spiro atoms. The van der Waals surface area contributed by atoms with E-state index in [1.807, 2.05) is 0 Å². The van der Waals surface area contributed by atoms with E-state index >= 15 is 0 Å². The molecule has 1 saturated carbocycles. The summed E-state index contributed by atoms with van der Waals surface area (Å²) in [4.78, 5) is 22.6. The number of hydrogen-bond acceptors (Lipinski definition) is 4. The third-order valence-corrected chi connectivity index (χ3v) is 4.03. The maximum Gasteiger partial charge on any atom is 0.267 e. The van der Waals surface area contributed by atoms with Crippen molar-refractivity contribution in [3.05, 3.63) is 17.6 Å². The lowest BCUT2D eigenvalue weighted by Gasteiger charge is -2.31. The van der Waals surface area contributed by atoms with Crippen LogP contribution in [-0.2, 0) is 0 Å². The first kappa shape index (κ1) is 12.4. The van der Waals surface area contributed by atoms with Gasteiger partial charge in [-0.2, -0.15) is 0 Å². The zero-order valence-corrected chi connectivity index (χ0v) is 11.3. The summed E-state index contributed by atoms with van der Waals surface area (Å²) < 4.78 is 0. The first-order valence-electron chi connectivity index (χ1n) is 7.07. The highest BCUT2D eigenvalue weighted by Gasteiger charge is 2.29. The van der Waals surface area contributed by atoms with Gasteiger partial charge in [0.25, 0.3) is 5.91 Å². The Balaban J connectivity index is 1.89. The highest BCUT2D eigenvalue weighted by molar-refractivity contribution is 5.91. The number of anilines is 1. The molecule has 19 heavy (non-hydrogen) atoms. The SMILES string of the molecule is CC1CCN(c2cc(C(N)=O)nc(C3CC3)n2)CC1. The van der Waals surface area contributed by atoms with Gasteiger partial charge < -0.3 is 10.6 Å². The van der Waals surface area contributed by atoms with Crippen LogP contribution in [0.25, 0.3) is 0 Å². The van der Waals surface area contributed by atoms with E-state index in [1.54, 1.807) is 6.07 Å². The molecule has 0 atom stereocenters. The van der Waals surface area contributed by atoms with Gasteiger partial charge in [0.05, 0.1) is 0 Å². The second kappa shape index (κ2) is 4.79. The summed E-state index contributed by atoms with van der Waals surface area (Å²) in [5.41, 5.74) is 5.73. The summed E-state index contributed by atoms with van der Waals surface area (Å²) >= 11 is 0. The van der Waals surface area contributed by atoms with E-state index in [9.17, 15) is 4.79 Å². The Labute approximate surface area is 113 Å². The first-order valence-corrected chi connectivity index (χ1v) is 7.07. The number of aromatic nitrogens is 2. The highest BCUT2D eigenvalue weighted by atomic mass is 16.1. The smallest absolute Gasteiger partial charge is 0.267 e. The van der Waals surface area contributed by atoms with E-state index < -0.39 is 5.91 Å². The minimum absolute atomic E-state index is 0.352. The van der Waals surface area contributed by atoms with Crippen molar-refractivity contribution in [2.24, 2.45) is 11.7 Å². The van der Waals surface area contributed by atoms with Gasteiger partial charge in [0.2, 0.25) is 0 Å². The normalized spacial score (nSPS) is 20.6. The van der Waals surface area contributed by atoms with Crippen molar-refractivity contribution in [2.75, 3.05) is 18.0 Å². The van der Waals surface area contributed by atoms with Gasteiger partial charge in [-0.1, -0.05) is 6.92 Å². The Hall–Kier alpha value is -1.65. The Morgan fingerprint density at radius 2 is 1.95 bits per heavy atom. The van der Waals surface area contributed by atoms with Crippen LogP contribution in [0.5, 0.6) is 0 Å². The molecule has 0 unspecified atom stereocenters. The van der Waals surface area contributed by atoms with Crippen LogP contribution < -0.4 is 10.6 Å². The van der Waals surface area contributed by atoms with Gasteiger partial charge in [-0.05, 0) is 31.6 Å². The van der Waals surface area contributed by atoms with Crippen molar-refractivity contribution in [3.63, 3.8) is 0 Å². The molecule has 0 radical (unpaired) electrons. The molecule has 2 heterocycles. The van der Waals surface area contributed by atoms with Crippen molar-refractivity contribution in [1.82, 2.24) is 9.97 Å². The average Bonchev–Trinajstić information content (AvgIpc) is 3.23. The third-order valence-electron chi connectivity index (χ3n) is 4.03. The van der Waals surface area contributed by atoms with Gasteiger partial charge >= 0.3 is 0 Å². The topological polar surface area (TPSA) is 72.1 Å². The van der Waals surface area contributed by atoms with E-state index in [4.69, 9.17) is 5.73 Å². The molecule has 1 aromatic rings. The molecule has 1 saturated heterocycles. The molecular formula is C14H20N4O. The zero-order chi connectivity index (χ0) is 13.4. The zero-order valence-electron chi connectivity index (χ0n) is 11.3. The maximum absolute atomic E-state index is 11.4. The molecule has 2 N–H and O–H groups in total. The number of nitrogens with two attached hydrogens (primary N) is 1. The van der Waals surface area contributed by atoms with Crippen molar-refractivity contribution in [2.45, 2.75) is 38.5 Å². The summed E-state index contributed by atoms with van der Waals surface area (Å²) in [5, 5.41) is 0. The molecule has 1 aliphatic heterocycles. The van der Waals surface area contributed by atoms with Gasteiger partial charge in [0, 0.05) is 25.1 Å². The summed E-state index contributed by atoms with van der Waals surface area (Å²) in [7, 11) is 0. The first-order chi connectivity index (χ1) is 9.13. The van der Waals surface area contributed by atoms with E-state index in [2.05, 4.69) is 21.8 Å². The van der Waals surface area contributed by atoms with E-state index in [-0.39, 0.29) is 0 Å². The number of primary amides is 1. The van der Waals surface area contributed by atoms with Crippen LogP contribution in [0.3, 0.4) is 0 Å². The van der Waals surface area contributed by atoms with Gasteiger partial charge in [0.15, 0.2) is 0 Å². The number of carbonyl (C=O) groups is 1. The van der Waals surface area contributed by atoms with Crippen LogP contribution in [0.4, 0.5) is 5.82 Å². The Kier molecular flexibility index (Phi) is 3.12. The minimum atomic E-state index is -0.462. The number of nitrogens with zero attached hydrogens (tertiary/aromatic N) is 3. The lowest BCUT2D eigenvalue weighted by molar-refractivity contribution is 0.0995. The molecule has 0 bridgehead atoms. The lowest BCUT2D eigenvalue weighted by atomic mass is 9.99. The predicted molar refractivity (Wildman–Crippen MR) is 73.1 cm³/mol. The van der Waals surface area contributed by atoms with Gasteiger partial charge in [-0.3, -0.25) is 4.79 Å². The van der Waals surface area contributed by atoms with Crippen molar-refractivity contribution < 1.29 is 4.79 Å². The molecule has 0 aromatic carbocycles. The molecule has 3 rings (SSSR count). The van der Waals surface area contributed by atoms with Crippen molar-refractivity contribution in [1.29, 1.82) is 0 Å². The Bertz CT molecular complexity index is 490. The summed E-state index contributed by atoms with van der Waals surface area (Å²) in [6.07, 6.45) is 4.60. The molecule has 5 heteroatoms. The summed E-state index contributed by atoms with van der Waals surface area (Å²) in [6.45, 7) is 4.28. The summed E-state index contributed by atoms with van der Waals surface area (Å²) in [5.74, 6) is 2.41. The maximum atomic E-state index is 11.4. The largest absolute Gasteiger partial charge is 0.364 e. The molecule has 1 aliphatic carbocycles. The average molecular weight is 260 g/mol. The van der Waals surface area contributed by atoms with Gasteiger partial charge in [-0.15, -0.1) is 0 Å². The second-order valence-corrected chi connectivity index (χ2v) is 5.78. The van der Waals surface area contributed by atoms with E-state index in [1.165, 1.54) is 12.8 Å². The van der Waals surface area contributed by atoms with Crippen LogP contribution >= 0.6 is 0 Å². The monoisotopic (exact) mass is 260 g/mol. The van der Waals surface area contributed by atoms with Crippen LogP contribution in [0.2, 0.25) is 0 Å². The predicted octanol–water partition coefficient (Wildman–Crippen LogP) is 1.69. The standard InChI is InChI=1S/C14H20N4O/c1-9-4-6-18(7-5-9)12-8-11(13(15)19)16-14(17-12)10-2-3-10/h8-10H,2-7H2,1H3,(H2,15,19). The number of amides is 1. The fourth-order valence-electron chi connectivity index (χ4n) is 2.50. The third kappa shape index (κ3) is 2.69. The van der Waals surface area contributed by atoms with Gasteiger partial charge in [0.1, 0.15) is 17.3 Å². The van der Waals surface area contributed by atoms with E-state index in [0.717, 1.165) is 43.5 Å². The van der Waals surface area contributed by atoms with E-state index in [0.29, 0.717) is 11.6 Å². The highest BCUT2D eigenvalue weighted by Crippen LogP contribution is 2.38. The Morgan fingerprint density at radius 3 is 2.53 bits per heavy atom. The minimum Gasteiger partial charge on any atom is -0.364 e. The Morgan fingerprint density at radius 1 is 1.26 bits per heavy atom. The molecule has 2 aliphatic rings. The molecule has 1 aromatic heterocycles. The quantitative estimate of drug-likeness (QED) is 0.897. The molecule has 5 nitrogen and oxygen atoms in total. The number of carbonyl (C=O) groups excluding carboxylic acids is 1. The van der Waals surface area contributed by atoms with Crippen LogP contribution in [-0.4, -0.2) is 29.0 Å². The van der Waals surface area contributed by atoms with Crippen molar-refractivity contribution >= 4 is 11.7 Å². The van der Waals surface area contributed by atoms with Crippen LogP contribution in [0.15, 0.2) is 6.07 Å². The van der Waals surface area contributed by atoms with Crippen molar-refractivity contribution in [3.8, 4) is 0 Å². The fourth-order valence-corrected chi connectivity index (χ4v) is 2.50. The number of rotatable bonds is 3. The fraction of sp³-hybridized carbons (Fsp3) is 0.643. The summed E-state index contributed by atoms with van der Waals surface area (Å²) in [6, 6.07) is 1.74. The van der Waals surface area contributed by atoms with Crippen LogP contribution in [0, 0.1) is 5.92 Å². The molecule has 102 valence electrons. The second-order valence-electron chi connectivity index (χ2n) is 5.78. The lowest BCUT2D eigenvalue weighted by Crippen LogP contribution is -2.34. The molecular weight excluding hydrogens is 240 g/mol. The molecule has 2 fully saturated rings. The van der Waals surface area contributed by atoms with Gasteiger partial charge in [-0.25, -0.2) is 9.97 Å². The number of hydrogen-bond donors (Lipinski definition) is 1.